The Morgan fingerprint density at radius 1 is 1.56 bits per heavy atom. The van der Waals surface area contributed by atoms with Crippen LogP contribution in [-0.4, -0.2) is 24.8 Å². The molecule has 0 aliphatic carbocycles. The molecule has 0 saturated carbocycles. The first-order valence-electron chi connectivity index (χ1n) is 5.06. The lowest BCUT2D eigenvalue weighted by Gasteiger charge is -2.24. The van der Waals surface area contributed by atoms with E-state index >= 15 is 0 Å². The molecule has 0 saturated heterocycles. The number of primary amides is 1. The number of halogens is 1. The maximum atomic E-state index is 12.1. The summed E-state index contributed by atoms with van der Waals surface area (Å²) in [5.74, 6) is -0.597. The number of pyridine rings is 1. The van der Waals surface area contributed by atoms with Crippen LogP contribution in [0, 0.1) is 0 Å². The molecule has 3 N–H and O–H groups in total. The highest BCUT2D eigenvalue weighted by molar-refractivity contribution is 7.89. The van der Waals surface area contributed by atoms with Gasteiger partial charge < -0.3 is 5.73 Å². The number of amides is 1. The first-order valence-corrected chi connectivity index (χ1v) is 6.92. The number of nitrogens with zero attached hydrogens (tertiary/aromatic N) is 1. The molecule has 100 valence electrons. The molecule has 8 heteroatoms. The fourth-order valence-electron chi connectivity index (χ4n) is 1.45. The van der Waals surface area contributed by atoms with Gasteiger partial charge in [-0.25, -0.2) is 13.1 Å². The van der Waals surface area contributed by atoms with Crippen molar-refractivity contribution in [3.8, 4) is 0 Å². The Labute approximate surface area is 111 Å². The zero-order valence-corrected chi connectivity index (χ0v) is 11.5. The number of aromatic nitrogens is 1. The lowest BCUT2D eigenvalue weighted by molar-refractivity contribution is -0.119. The Balaban J connectivity index is 3.03. The number of hydrogen-bond donors (Lipinski definition) is 2. The van der Waals surface area contributed by atoms with Gasteiger partial charge in [-0.1, -0.05) is 11.6 Å². The molecule has 1 aromatic heterocycles. The third kappa shape index (κ3) is 3.94. The zero-order valence-electron chi connectivity index (χ0n) is 9.97. The molecule has 0 aliphatic heterocycles. The average Bonchev–Trinajstić information content (AvgIpc) is 2.13. The predicted octanol–water partition coefficient (Wildman–Crippen LogP) is 0.667. The van der Waals surface area contributed by atoms with Gasteiger partial charge in [0.15, 0.2) is 0 Å². The van der Waals surface area contributed by atoms with Crippen LogP contribution in [0.1, 0.15) is 20.3 Å². The summed E-state index contributed by atoms with van der Waals surface area (Å²) < 4.78 is 26.5. The van der Waals surface area contributed by atoms with E-state index in [1.165, 1.54) is 12.3 Å². The summed E-state index contributed by atoms with van der Waals surface area (Å²) in [7, 11) is -3.85. The van der Waals surface area contributed by atoms with Crippen molar-refractivity contribution in [3.63, 3.8) is 0 Å². The van der Waals surface area contributed by atoms with Gasteiger partial charge in [0.25, 0.3) is 0 Å². The highest BCUT2D eigenvalue weighted by atomic mass is 35.5. The van der Waals surface area contributed by atoms with Crippen molar-refractivity contribution >= 4 is 27.5 Å². The topological polar surface area (TPSA) is 102 Å². The lowest BCUT2D eigenvalue weighted by Crippen LogP contribution is -2.45. The van der Waals surface area contributed by atoms with Crippen molar-refractivity contribution in [2.24, 2.45) is 5.73 Å². The van der Waals surface area contributed by atoms with Crippen LogP contribution in [0.2, 0.25) is 5.02 Å². The van der Waals surface area contributed by atoms with Gasteiger partial charge in [0.1, 0.15) is 4.90 Å². The van der Waals surface area contributed by atoms with Crippen molar-refractivity contribution in [2.45, 2.75) is 30.7 Å². The number of nitrogens with two attached hydrogens (primary N) is 1. The first kappa shape index (κ1) is 14.9. The molecule has 1 rings (SSSR count). The summed E-state index contributed by atoms with van der Waals surface area (Å²) in [5.41, 5.74) is 4.06. The molecule has 0 unspecified atom stereocenters. The number of sulfonamides is 1. The van der Waals surface area contributed by atoms with E-state index in [2.05, 4.69) is 9.71 Å². The summed E-state index contributed by atoms with van der Waals surface area (Å²) in [4.78, 5) is 14.4. The number of nitrogens with one attached hydrogen (secondary N) is 1. The van der Waals surface area contributed by atoms with Crippen molar-refractivity contribution in [2.75, 3.05) is 0 Å². The van der Waals surface area contributed by atoms with Crippen LogP contribution in [-0.2, 0) is 14.8 Å². The van der Waals surface area contributed by atoms with Crippen molar-refractivity contribution < 1.29 is 13.2 Å². The molecule has 0 radical (unpaired) electrons. The van der Waals surface area contributed by atoms with E-state index in [-0.39, 0.29) is 16.3 Å². The molecule has 0 fully saturated rings. The molecule has 0 atom stereocenters. The number of carbonyl (C=O) groups excluding carboxylic acids is 1. The summed E-state index contributed by atoms with van der Waals surface area (Å²) in [6, 6.07) is 1.37. The average molecular weight is 292 g/mol. The zero-order chi connectivity index (χ0) is 14.0. The highest BCUT2D eigenvalue weighted by Gasteiger charge is 2.29. The van der Waals surface area contributed by atoms with Gasteiger partial charge in [-0.15, -0.1) is 0 Å². The van der Waals surface area contributed by atoms with Gasteiger partial charge in [0.2, 0.25) is 15.9 Å². The fourth-order valence-corrected chi connectivity index (χ4v) is 3.29. The minimum atomic E-state index is -3.85. The van der Waals surface area contributed by atoms with E-state index < -0.39 is 21.5 Å². The standard InChI is InChI=1S/C10H14ClN3O3S/c1-10(2,5-9(12)15)14-18(16,17)8-6-13-4-3-7(8)11/h3-4,6,14H,5H2,1-2H3,(H2,12,15). The second kappa shape index (κ2) is 5.21. The summed E-state index contributed by atoms with van der Waals surface area (Å²) >= 11 is 5.79. The highest BCUT2D eigenvalue weighted by Crippen LogP contribution is 2.21. The Kier molecular flexibility index (Phi) is 4.31. The second-order valence-electron chi connectivity index (χ2n) is 4.44. The Morgan fingerprint density at radius 2 is 2.17 bits per heavy atom. The monoisotopic (exact) mass is 291 g/mol. The number of rotatable bonds is 5. The normalized spacial score (nSPS) is 12.4. The molecule has 0 bridgehead atoms. The van der Waals surface area contributed by atoms with Gasteiger partial charge >= 0.3 is 0 Å². The maximum Gasteiger partial charge on any atom is 0.244 e. The van der Waals surface area contributed by atoms with Crippen LogP contribution in [0.25, 0.3) is 0 Å². The summed E-state index contributed by atoms with van der Waals surface area (Å²) in [6.07, 6.45) is 2.41. The molecule has 1 aromatic rings. The molecule has 0 aromatic carbocycles. The third-order valence-electron chi connectivity index (χ3n) is 2.05. The largest absolute Gasteiger partial charge is 0.370 e. The smallest absolute Gasteiger partial charge is 0.244 e. The quantitative estimate of drug-likeness (QED) is 0.832. The maximum absolute atomic E-state index is 12.1. The Morgan fingerprint density at radius 3 is 2.67 bits per heavy atom. The van der Waals surface area contributed by atoms with Gasteiger partial charge in [-0.05, 0) is 19.9 Å². The van der Waals surface area contributed by atoms with Crippen LogP contribution < -0.4 is 10.5 Å². The van der Waals surface area contributed by atoms with E-state index in [0.29, 0.717) is 0 Å². The summed E-state index contributed by atoms with van der Waals surface area (Å²) in [6.45, 7) is 3.11. The lowest BCUT2D eigenvalue weighted by atomic mass is 10.0. The fraction of sp³-hybridized carbons (Fsp3) is 0.400. The number of hydrogen-bond acceptors (Lipinski definition) is 4. The molecule has 1 heterocycles. The van der Waals surface area contributed by atoms with Crippen molar-refractivity contribution in [1.29, 1.82) is 0 Å². The predicted molar refractivity (Wildman–Crippen MR) is 67.5 cm³/mol. The van der Waals surface area contributed by atoms with Crippen LogP contribution in [0.5, 0.6) is 0 Å². The van der Waals surface area contributed by atoms with Crippen molar-refractivity contribution in [1.82, 2.24) is 9.71 Å². The second-order valence-corrected chi connectivity index (χ2v) is 6.50. The Hall–Kier alpha value is -1.18. The van der Waals surface area contributed by atoms with E-state index in [0.717, 1.165) is 6.20 Å². The van der Waals surface area contributed by atoms with E-state index in [4.69, 9.17) is 17.3 Å². The molecule has 6 nitrogen and oxygen atoms in total. The first-order chi connectivity index (χ1) is 8.14. The van der Waals surface area contributed by atoms with Crippen LogP contribution >= 0.6 is 11.6 Å². The molecule has 1 amide bonds. The number of carbonyl (C=O) groups is 1. The van der Waals surface area contributed by atoms with Crippen molar-refractivity contribution in [3.05, 3.63) is 23.5 Å². The van der Waals surface area contributed by atoms with E-state index in [1.54, 1.807) is 13.8 Å². The van der Waals surface area contributed by atoms with Gasteiger partial charge in [-0.3, -0.25) is 9.78 Å². The van der Waals surface area contributed by atoms with E-state index in [1.807, 2.05) is 0 Å². The van der Waals surface area contributed by atoms with Crippen LogP contribution in [0.15, 0.2) is 23.4 Å². The minimum absolute atomic E-state index is 0.0624. The van der Waals surface area contributed by atoms with Gasteiger partial charge in [0.05, 0.1) is 5.02 Å². The van der Waals surface area contributed by atoms with Gasteiger partial charge in [-0.2, -0.15) is 0 Å². The minimum Gasteiger partial charge on any atom is -0.370 e. The molecule has 0 spiro atoms. The van der Waals surface area contributed by atoms with E-state index in [9.17, 15) is 13.2 Å². The molecular formula is C10H14ClN3O3S. The third-order valence-corrected chi connectivity index (χ3v) is 4.22. The van der Waals surface area contributed by atoms with Gasteiger partial charge in [0, 0.05) is 24.4 Å². The molecular weight excluding hydrogens is 278 g/mol. The summed E-state index contributed by atoms with van der Waals surface area (Å²) in [5, 5.41) is 0.0624. The molecule has 18 heavy (non-hydrogen) atoms. The van der Waals surface area contributed by atoms with Crippen LogP contribution in [0.4, 0.5) is 0 Å². The molecule has 0 aliphatic rings. The Bertz CT molecular complexity index is 557. The van der Waals surface area contributed by atoms with Crippen LogP contribution in [0.3, 0.4) is 0 Å². The SMILES string of the molecule is CC(C)(CC(N)=O)NS(=O)(=O)c1cnccc1Cl.